The van der Waals surface area contributed by atoms with Crippen molar-refractivity contribution >= 4 is 75.6 Å². The van der Waals surface area contributed by atoms with Gasteiger partial charge in [-0.1, -0.05) is 87.8 Å². The zero-order chi connectivity index (χ0) is 27.4. The van der Waals surface area contributed by atoms with E-state index in [0.29, 0.717) is 46.8 Å². The van der Waals surface area contributed by atoms with E-state index in [0.717, 1.165) is 0 Å². The van der Waals surface area contributed by atoms with Crippen LogP contribution in [0.2, 0.25) is 30.1 Å². The molecule has 11 heteroatoms. The molecular weight excluding hydrogens is 617 g/mol. The van der Waals surface area contributed by atoms with Crippen molar-refractivity contribution in [2.24, 2.45) is 0 Å². The summed E-state index contributed by atoms with van der Waals surface area (Å²) in [4.78, 5) is 13.1. The molecule has 0 radical (unpaired) electrons. The quantitative estimate of drug-likeness (QED) is 0.208. The van der Waals surface area contributed by atoms with Crippen LogP contribution in [0.5, 0.6) is 0 Å². The Morgan fingerprint density at radius 1 is 0.684 bits per heavy atom. The minimum Gasteiger partial charge on any atom is -0.486 e. The first-order valence-corrected chi connectivity index (χ1v) is 13.5. The molecule has 1 atom stereocenters. The van der Waals surface area contributed by atoms with Crippen LogP contribution in [-0.2, 0) is 43.6 Å². The fourth-order valence-electron chi connectivity index (χ4n) is 3.59. The summed E-state index contributed by atoms with van der Waals surface area (Å²) in [6, 6.07) is 15.1. The van der Waals surface area contributed by atoms with Crippen LogP contribution in [0.25, 0.3) is 0 Å². The largest absolute Gasteiger partial charge is 0.486 e. The Morgan fingerprint density at radius 3 is 1.66 bits per heavy atom. The fourth-order valence-corrected chi connectivity index (χ4v) is 4.98. The van der Waals surface area contributed by atoms with Crippen LogP contribution in [0.4, 0.5) is 0 Å². The van der Waals surface area contributed by atoms with E-state index in [1.807, 2.05) is 0 Å². The summed E-state index contributed by atoms with van der Waals surface area (Å²) in [7, 11) is 0. The van der Waals surface area contributed by atoms with Crippen molar-refractivity contribution < 1.29 is 23.7 Å². The zero-order valence-electron chi connectivity index (χ0n) is 19.8. The lowest BCUT2D eigenvalue weighted by molar-refractivity contribution is -0.160. The molecule has 1 aliphatic rings. The topological polar surface area (TPSA) is 54.0 Å². The summed E-state index contributed by atoms with van der Waals surface area (Å²) in [5, 5.41) is 2.74. The van der Waals surface area contributed by atoms with Gasteiger partial charge >= 0.3 is 5.97 Å². The molecule has 3 aromatic rings. The Bertz CT molecular complexity index is 1390. The number of cyclic esters (lactones) is 1. The van der Waals surface area contributed by atoms with Gasteiger partial charge in [-0.25, -0.2) is 4.79 Å². The third kappa shape index (κ3) is 6.90. The number of carbonyl (C=O) groups is 1. The summed E-state index contributed by atoms with van der Waals surface area (Å²) < 4.78 is 23.5. The molecule has 0 saturated carbocycles. The minimum atomic E-state index is -1.58. The predicted octanol–water partition coefficient (Wildman–Crippen LogP) is 9.08. The zero-order valence-corrected chi connectivity index (χ0v) is 24.4. The standard InChI is InChI=1S/C27H20Cl6O5/c1-27(37-13-17-4-7-20(30)10-23(17)33)25(36-12-16-3-6-19(29)9-22(16)32)24(38-26(27)34)14-35-11-15-2-5-18(28)8-21(15)31/h2-10H,11-14H2,1H3. The van der Waals surface area contributed by atoms with Crippen molar-refractivity contribution in [1.82, 2.24) is 0 Å². The maximum atomic E-state index is 13.1. The Kier molecular flexibility index (Phi) is 9.77. The molecular formula is C27H20Cl6O5. The Morgan fingerprint density at radius 2 is 1.16 bits per heavy atom. The first kappa shape index (κ1) is 29.3. The summed E-state index contributed by atoms with van der Waals surface area (Å²) >= 11 is 36.8. The number of carbonyl (C=O) groups excluding carboxylic acids is 1. The highest BCUT2D eigenvalue weighted by Crippen LogP contribution is 2.38. The van der Waals surface area contributed by atoms with Gasteiger partial charge in [-0.15, -0.1) is 0 Å². The van der Waals surface area contributed by atoms with Gasteiger partial charge in [-0.05, 0) is 54.4 Å². The number of hydrogen-bond donors (Lipinski definition) is 0. The van der Waals surface area contributed by atoms with Crippen molar-refractivity contribution in [3.05, 3.63) is 113 Å². The molecule has 0 fully saturated rings. The maximum Gasteiger partial charge on any atom is 0.351 e. The van der Waals surface area contributed by atoms with E-state index >= 15 is 0 Å². The highest BCUT2D eigenvalue weighted by molar-refractivity contribution is 6.36. The highest BCUT2D eigenvalue weighted by atomic mass is 35.5. The van der Waals surface area contributed by atoms with Crippen LogP contribution in [0, 0.1) is 0 Å². The normalized spacial score (nSPS) is 17.2. The predicted molar refractivity (Wildman–Crippen MR) is 150 cm³/mol. The molecule has 0 amide bonds. The number of benzene rings is 3. The SMILES string of the molecule is CC1(OCc2ccc(Cl)cc2Cl)C(=O)OC(COCc2ccc(Cl)cc2Cl)=C1OCc1ccc(Cl)cc1Cl. The van der Waals surface area contributed by atoms with E-state index in [2.05, 4.69) is 0 Å². The molecule has 0 saturated heterocycles. The number of rotatable bonds is 10. The molecule has 1 heterocycles. The minimum absolute atomic E-state index is 0.00924. The lowest BCUT2D eigenvalue weighted by Crippen LogP contribution is -2.38. The average molecular weight is 637 g/mol. The van der Waals surface area contributed by atoms with Crippen molar-refractivity contribution in [3.8, 4) is 0 Å². The highest BCUT2D eigenvalue weighted by Gasteiger charge is 2.51. The monoisotopic (exact) mass is 634 g/mol. The van der Waals surface area contributed by atoms with E-state index in [4.69, 9.17) is 88.6 Å². The summed E-state index contributed by atoms with van der Waals surface area (Å²) in [5.74, 6) is -0.349. The molecule has 200 valence electrons. The number of esters is 1. The lowest BCUT2D eigenvalue weighted by atomic mass is 10.0. The molecule has 1 aliphatic heterocycles. The van der Waals surface area contributed by atoms with Gasteiger partial charge in [0.05, 0.1) is 13.2 Å². The van der Waals surface area contributed by atoms with E-state index in [-0.39, 0.29) is 37.9 Å². The second-order valence-corrected chi connectivity index (χ2v) is 11.0. The Hall–Kier alpha value is -1.67. The molecule has 0 spiro atoms. The fraction of sp³-hybridized carbons (Fsp3) is 0.222. The molecule has 3 aromatic carbocycles. The smallest absolute Gasteiger partial charge is 0.351 e. The van der Waals surface area contributed by atoms with E-state index < -0.39 is 11.6 Å². The van der Waals surface area contributed by atoms with Gasteiger partial charge in [0, 0.05) is 35.7 Å². The van der Waals surface area contributed by atoms with Crippen LogP contribution in [0.3, 0.4) is 0 Å². The van der Waals surface area contributed by atoms with Gasteiger partial charge in [0.1, 0.15) is 13.2 Å². The third-order valence-corrected chi connectivity index (χ3v) is 7.48. The lowest BCUT2D eigenvalue weighted by Gasteiger charge is -2.24. The molecule has 0 aromatic heterocycles. The average Bonchev–Trinajstić information content (AvgIpc) is 3.08. The van der Waals surface area contributed by atoms with Crippen LogP contribution in [0.15, 0.2) is 66.1 Å². The van der Waals surface area contributed by atoms with Crippen molar-refractivity contribution in [2.75, 3.05) is 6.61 Å². The van der Waals surface area contributed by atoms with Crippen molar-refractivity contribution in [3.63, 3.8) is 0 Å². The van der Waals surface area contributed by atoms with Crippen LogP contribution < -0.4 is 0 Å². The molecule has 1 unspecified atom stereocenters. The second-order valence-electron chi connectivity index (χ2n) is 8.45. The number of ether oxygens (including phenoxy) is 4. The van der Waals surface area contributed by atoms with Crippen LogP contribution in [-0.4, -0.2) is 18.2 Å². The van der Waals surface area contributed by atoms with Crippen molar-refractivity contribution in [1.29, 1.82) is 0 Å². The summed E-state index contributed by atoms with van der Waals surface area (Å²) in [6.07, 6.45) is 0. The van der Waals surface area contributed by atoms with Gasteiger partial charge in [0.25, 0.3) is 0 Å². The molecule has 38 heavy (non-hydrogen) atoms. The van der Waals surface area contributed by atoms with E-state index in [9.17, 15) is 4.79 Å². The van der Waals surface area contributed by atoms with Crippen LogP contribution in [0.1, 0.15) is 23.6 Å². The van der Waals surface area contributed by atoms with Gasteiger partial charge in [0.2, 0.25) is 5.60 Å². The van der Waals surface area contributed by atoms with Gasteiger partial charge in [-0.2, -0.15) is 0 Å². The third-order valence-electron chi connectivity index (χ3n) is 5.72. The van der Waals surface area contributed by atoms with E-state index in [1.54, 1.807) is 61.5 Å². The van der Waals surface area contributed by atoms with Gasteiger partial charge < -0.3 is 18.9 Å². The summed E-state index contributed by atoms with van der Waals surface area (Å²) in [6.45, 7) is 1.63. The first-order valence-electron chi connectivity index (χ1n) is 11.2. The molecule has 5 nitrogen and oxygen atoms in total. The Balaban J connectivity index is 1.56. The first-order chi connectivity index (χ1) is 18.1. The molecule has 0 aliphatic carbocycles. The maximum absolute atomic E-state index is 13.1. The molecule has 4 rings (SSSR count). The van der Waals surface area contributed by atoms with Gasteiger partial charge in [-0.3, -0.25) is 0 Å². The van der Waals surface area contributed by atoms with Crippen LogP contribution >= 0.6 is 69.6 Å². The molecule has 0 bridgehead atoms. The summed E-state index contributed by atoms with van der Waals surface area (Å²) in [5.41, 5.74) is 0.414. The number of halogens is 6. The Labute approximate surface area is 250 Å². The van der Waals surface area contributed by atoms with Crippen molar-refractivity contribution in [2.45, 2.75) is 32.3 Å². The van der Waals surface area contributed by atoms with Gasteiger partial charge in [0.15, 0.2) is 11.5 Å². The number of hydrogen-bond acceptors (Lipinski definition) is 5. The molecule has 0 N–H and O–H groups in total. The van der Waals surface area contributed by atoms with E-state index in [1.165, 1.54) is 0 Å². The second kappa shape index (κ2) is 12.7.